The van der Waals surface area contributed by atoms with Crippen LogP contribution in [-0.2, 0) is 0 Å². The number of thiazole rings is 1. The molecule has 6 heteroatoms. The topological polar surface area (TPSA) is 41.0 Å². The van der Waals surface area contributed by atoms with E-state index < -0.39 is 0 Å². The molecule has 0 spiro atoms. The lowest BCUT2D eigenvalue weighted by molar-refractivity contribution is 0.380. The summed E-state index contributed by atoms with van der Waals surface area (Å²) in [6.07, 6.45) is 7.59. The molecule has 128 valence electrons. The van der Waals surface area contributed by atoms with Crippen molar-refractivity contribution in [3.8, 4) is 11.3 Å². The summed E-state index contributed by atoms with van der Waals surface area (Å²) in [5.74, 6) is 0. The number of rotatable bonds is 5. The fraction of sp³-hybridized carbons (Fsp3) is 0.263. The molecule has 4 rings (SSSR count). The van der Waals surface area contributed by atoms with Crippen LogP contribution in [0.25, 0.3) is 11.3 Å². The summed E-state index contributed by atoms with van der Waals surface area (Å²) in [5, 5.41) is 6.37. The number of pyridine rings is 1. The molecule has 1 aromatic carbocycles. The third kappa shape index (κ3) is 4.39. The zero-order chi connectivity index (χ0) is 16.9. The van der Waals surface area contributed by atoms with E-state index in [4.69, 9.17) is 0 Å². The van der Waals surface area contributed by atoms with Crippen LogP contribution >= 0.6 is 23.3 Å². The Balaban J connectivity index is 1.39. The van der Waals surface area contributed by atoms with Crippen LogP contribution in [0.1, 0.15) is 19.3 Å². The van der Waals surface area contributed by atoms with Gasteiger partial charge < -0.3 is 5.32 Å². The molecule has 3 aromatic rings. The molecule has 0 saturated carbocycles. The Hall–Kier alpha value is -1.89. The first kappa shape index (κ1) is 16.6. The number of aromatic nitrogens is 2. The molecule has 2 aromatic heterocycles. The Kier molecular flexibility index (Phi) is 5.30. The first-order valence-electron chi connectivity index (χ1n) is 8.53. The Bertz CT molecular complexity index is 796. The highest BCUT2D eigenvalue weighted by Gasteiger charge is 2.11. The average Bonchev–Trinajstić information content (AvgIpc) is 3.14. The maximum atomic E-state index is 4.66. The molecule has 0 atom stereocenters. The van der Waals surface area contributed by atoms with Gasteiger partial charge in [0.2, 0.25) is 0 Å². The highest BCUT2D eigenvalue weighted by atomic mass is 32.2. The van der Waals surface area contributed by atoms with Gasteiger partial charge in [-0.2, -0.15) is 0 Å². The molecule has 0 unspecified atom stereocenters. The molecule has 3 heterocycles. The van der Waals surface area contributed by atoms with E-state index >= 15 is 0 Å². The number of piperidine rings is 1. The minimum absolute atomic E-state index is 0.906. The Labute approximate surface area is 156 Å². The first-order chi connectivity index (χ1) is 12.4. The van der Waals surface area contributed by atoms with E-state index in [9.17, 15) is 0 Å². The summed E-state index contributed by atoms with van der Waals surface area (Å²) in [4.78, 5) is 10.0. The predicted octanol–water partition coefficient (Wildman–Crippen LogP) is 5.44. The van der Waals surface area contributed by atoms with E-state index in [0.717, 1.165) is 22.1 Å². The van der Waals surface area contributed by atoms with Gasteiger partial charge in [-0.3, -0.25) is 4.98 Å². The van der Waals surface area contributed by atoms with Crippen LogP contribution in [0.15, 0.2) is 59.1 Å². The minimum Gasteiger partial charge on any atom is -0.332 e. The van der Waals surface area contributed by atoms with Gasteiger partial charge >= 0.3 is 0 Å². The van der Waals surface area contributed by atoms with Crippen LogP contribution in [0.3, 0.4) is 0 Å². The first-order valence-corrected chi connectivity index (χ1v) is 10.2. The Morgan fingerprint density at radius 3 is 2.48 bits per heavy atom. The molecule has 0 bridgehead atoms. The summed E-state index contributed by atoms with van der Waals surface area (Å²) >= 11 is 3.48. The van der Waals surface area contributed by atoms with Gasteiger partial charge in [-0.05, 0) is 61.2 Å². The van der Waals surface area contributed by atoms with Gasteiger partial charge in [-0.25, -0.2) is 9.29 Å². The lowest BCUT2D eigenvalue weighted by atomic mass is 10.2. The quantitative estimate of drug-likeness (QED) is 0.607. The lowest BCUT2D eigenvalue weighted by Crippen LogP contribution is -2.22. The van der Waals surface area contributed by atoms with Crippen LogP contribution in [0, 0.1) is 0 Å². The van der Waals surface area contributed by atoms with E-state index in [-0.39, 0.29) is 0 Å². The van der Waals surface area contributed by atoms with Crippen molar-refractivity contribution in [3.05, 3.63) is 54.2 Å². The van der Waals surface area contributed by atoms with E-state index in [1.807, 2.05) is 24.1 Å². The van der Waals surface area contributed by atoms with E-state index in [0.29, 0.717) is 0 Å². The third-order valence-electron chi connectivity index (χ3n) is 4.14. The normalized spacial score (nSPS) is 15.2. The van der Waals surface area contributed by atoms with Crippen molar-refractivity contribution >= 4 is 34.1 Å². The number of anilines is 2. The van der Waals surface area contributed by atoms with E-state index in [2.05, 4.69) is 49.2 Å². The van der Waals surface area contributed by atoms with Crippen molar-refractivity contribution in [2.75, 3.05) is 18.4 Å². The maximum absolute atomic E-state index is 4.66. The average molecular weight is 369 g/mol. The number of nitrogens with one attached hydrogen (secondary N) is 1. The van der Waals surface area contributed by atoms with Crippen LogP contribution < -0.4 is 5.32 Å². The number of nitrogens with zero attached hydrogens (tertiary/aromatic N) is 3. The molecule has 4 nitrogen and oxygen atoms in total. The summed E-state index contributed by atoms with van der Waals surface area (Å²) in [5.41, 5.74) is 3.14. The molecular weight excluding hydrogens is 348 g/mol. The van der Waals surface area contributed by atoms with Gasteiger partial charge in [0.05, 0.1) is 5.69 Å². The molecule has 0 aliphatic carbocycles. The number of hydrogen-bond acceptors (Lipinski definition) is 6. The molecule has 1 saturated heterocycles. The molecule has 0 radical (unpaired) electrons. The van der Waals surface area contributed by atoms with Crippen molar-refractivity contribution in [2.24, 2.45) is 0 Å². The predicted molar refractivity (Wildman–Crippen MR) is 106 cm³/mol. The molecule has 25 heavy (non-hydrogen) atoms. The van der Waals surface area contributed by atoms with Gasteiger partial charge in [0.25, 0.3) is 0 Å². The van der Waals surface area contributed by atoms with E-state index in [1.54, 1.807) is 23.7 Å². The van der Waals surface area contributed by atoms with Crippen LogP contribution in [-0.4, -0.2) is 27.4 Å². The molecular formula is C19H20N4S2. The number of benzene rings is 1. The lowest BCUT2D eigenvalue weighted by Gasteiger charge is -2.25. The highest BCUT2D eigenvalue weighted by Crippen LogP contribution is 2.29. The maximum Gasteiger partial charge on any atom is 0.187 e. The van der Waals surface area contributed by atoms with Crippen LogP contribution in [0.2, 0.25) is 0 Å². The monoisotopic (exact) mass is 368 g/mol. The van der Waals surface area contributed by atoms with Gasteiger partial charge in [-0.15, -0.1) is 11.3 Å². The van der Waals surface area contributed by atoms with Crippen LogP contribution in [0.4, 0.5) is 10.8 Å². The second kappa shape index (κ2) is 7.99. The summed E-state index contributed by atoms with van der Waals surface area (Å²) in [6, 6.07) is 12.6. The Morgan fingerprint density at radius 1 is 0.960 bits per heavy atom. The third-order valence-corrected chi connectivity index (χ3v) is 6.00. The second-order valence-corrected chi connectivity index (χ2v) is 8.03. The smallest absolute Gasteiger partial charge is 0.187 e. The van der Waals surface area contributed by atoms with Crippen molar-refractivity contribution < 1.29 is 0 Å². The fourth-order valence-corrected chi connectivity index (χ4v) is 4.55. The molecule has 0 amide bonds. The van der Waals surface area contributed by atoms with Gasteiger partial charge in [0, 0.05) is 47.0 Å². The molecule has 1 aliphatic rings. The van der Waals surface area contributed by atoms with Crippen LogP contribution in [0.5, 0.6) is 0 Å². The molecule has 1 fully saturated rings. The second-order valence-electron chi connectivity index (χ2n) is 6.00. The zero-order valence-corrected chi connectivity index (χ0v) is 15.5. The molecule has 1 aliphatic heterocycles. The largest absolute Gasteiger partial charge is 0.332 e. The van der Waals surface area contributed by atoms with E-state index in [1.165, 1.54) is 37.2 Å². The summed E-state index contributed by atoms with van der Waals surface area (Å²) in [6.45, 7) is 2.39. The minimum atomic E-state index is 0.906. The Morgan fingerprint density at radius 2 is 1.72 bits per heavy atom. The van der Waals surface area contributed by atoms with Gasteiger partial charge in [-0.1, -0.05) is 6.42 Å². The van der Waals surface area contributed by atoms with Gasteiger partial charge in [0.1, 0.15) is 0 Å². The standard InChI is InChI=1S/C19H20N4S2/c1-2-12-23(13-3-1)25-17-6-4-16(5-7-17)21-19-22-18(14-24-19)15-8-10-20-11-9-15/h4-11,14H,1-3,12-13H2,(H,21,22). The van der Waals surface area contributed by atoms with Crippen molar-refractivity contribution in [2.45, 2.75) is 24.2 Å². The highest BCUT2D eigenvalue weighted by molar-refractivity contribution is 7.97. The summed E-state index contributed by atoms with van der Waals surface area (Å²) < 4.78 is 2.47. The molecule has 1 N–H and O–H groups in total. The van der Waals surface area contributed by atoms with Crippen molar-refractivity contribution in [1.29, 1.82) is 0 Å². The van der Waals surface area contributed by atoms with Crippen molar-refractivity contribution in [3.63, 3.8) is 0 Å². The fourth-order valence-electron chi connectivity index (χ4n) is 2.81. The summed E-state index contributed by atoms with van der Waals surface area (Å²) in [7, 11) is 0. The van der Waals surface area contributed by atoms with Gasteiger partial charge in [0.15, 0.2) is 5.13 Å². The number of hydrogen-bond donors (Lipinski definition) is 1. The SMILES string of the molecule is c1cc(-c2csc(Nc3ccc(SN4CCCCC4)cc3)n2)ccn1. The zero-order valence-electron chi connectivity index (χ0n) is 13.9. The van der Waals surface area contributed by atoms with Crippen molar-refractivity contribution in [1.82, 2.24) is 14.3 Å².